The fourth-order valence-electron chi connectivity index (χ4n) is 0.211. The van der Waals surface area contributed by atoms with E-state index in [1.165, 1.54) is 0 Å². The lowest BCUT2D eigenvalue weighted by Crippen LogP contribution is -2.28. The van der Waals surface area contributed by atoms with Crippen LogP contribution in [0.15, 0.2) is 0 Å². The second kappa shape index (κ2) is 3.45. The van der Waals surface area contributed by atoms with Crippen molar-refractivity contribution in [1.29, 1.82) is 0 Å². The lowest BCUT2D eigenvalue weighted by molar-refractivity contribution is -0.0331. The number of hydrogen-bond acceptors (Lipinski definition) is 2. The van der Waals surface area contributed by atoms with Gasteiger partial charge in [0.1, 0.15) is 0 Å². The maximum absolute atomic E-state index is 4.91. The molecule has 0 amide bonds. The smallest absolute Gasteiger partial charge is 0.325 e. The summed E-state index contributed by atoms with van der Waals surface area (Å²) in [5, 5.41) is 0. The van der Waals surface area contributed by atoms with Crippen molar-refractivity contribution >= 4 is 14.4 Å². The molecule has 0 aromatic rings. The molecule has 7 heavy (non-hydrogen) atoms. The average Bonchev–Trinajstić information content (AvgIpc) is 1.65. The molecule has 0 radical (unpaired) electrons. The average molecular weight is 117 g/mol. The minimum atomic E-state index is -0.654. The van der Waals surface area contributed by atoms with Crippen LogP contribution in [-0.4, -0.2) is 32.6 Å². The zero-order valence-electron chi connectivity index (χ0n) is 5.43. The van der Waals surface area contributed by atoms with Crippen LogP contribution in [0.2, 0.25) is 11.6 Å². The molecule has 0 fully saturated rings. The van der Waals surface area contributed by atoms with E-state index in [1.54, 1.807) is 7.11 Å². The molecule has 3 heteroatoms. The Bertz CT molecular complexity index is 49.0. The van der Waals surface area contributed by atoms with E-state index in [0.29, 0.717) is 0 Å². The van der Waals surface area contributed by atoms with Gasteiger partial charge in [-0.3, -0.25) is 4.05 Å². The Kier molecular flexibility index (Phi) is 3.68. The Morgan fingerprint density at radius 3 is 1.86 bits per heavy atom. The molecule has 0 N–H and O–H groups in total. The van der Waals surface area contributed by atoms with E-state index >= 15 is 0 Å². The van der Waals surface area contributed by atoms with Gasteiger partial charge in [-0.1, -0.05) is 11.6 Å². The van der Waals surface area contributed by atoms with Crippen LogP contribution < -0.4 is 0 Å². The molecule has 0 aromatic carbocycles. The molecule has 0 unspecified atom stereocenters. The number of rotatable bonds is 2. The fourth-order valence-corrected chi connectivity index (χ4v) is 0.632. The topological polar surface area (TPSA) is 12.5 Å². The van der Waals surface area contributed by atoms with Crippen molar-refractivity contribution in [3.8, 4) is 0 Å². The van der Waals surface area contributed by atoms with Gasteiger partial charge in [0.25, 0.3) is 0 Å². The summed E-state index contributed by atoms with van der Waals surface area (Å²) in [6.45, 7) is 0. The molecule has 42 valence electrons. The van der Waals surface area contributed by atoms with E-state index in [2.05, 4.69) is 11.6 Å². The Hall–Kier alpha value is 0.452. The quantitative estimate of drug-likeness (QED) is 0.390. The summed E-state index contributed by atoms with van der Waals surface area (Å²) < 4.78 is 1.93. The van der Waals surface area contributed by atoms with Crippen molar-refractivity contribution in [3.05, 3.63) is 0 Å². The van der Waals surface area contributed by atoms with E-state index in [9.17, 15) is 0 Å². The SMILES string of the molecule is CO[N](C)[Al]([CH3])[CH3]. The lowest BCUT2D eigenvalue weighted by atomic mass is 11.5. The predicted octanol–water partition coefficient (Wildman–Crippen LogP) is 0.731. The summed E-state index contributed by atoms with van der Waals surface area (Å²) in [4.78, 5) is 4.91. The minimum absolute atomic E-state index is 0.654. The molecule has 0 aliphatic rings. The van der Waals surface area contributed by atoms with E-state index in [-0.39, 0.29) is 0 Å². The summed E-state index contributed by atoms with van der Waals surface area (Å²) in [6.07, 6.45) is 0. The maximum Gasteiger partial charge on any atom is 0.401 e. The minimum Gasteiger partial charge on any atom is -0.325 e. The largest absolute Gasteiger partial charge is 0.401 e. The van der Waals surface area contributed by atoms with Crippen LogP contribution in [-0.2, 0) is 4.84 Å². The molecule has 0 spiro atoms. The van der Waals surface area contributed by atoms with Gasteiger partial charge >= 0.3 is 14.4 Å². The monoisotopic (exact) mass is 117 g/mol. The Morgan fingerprint density at radius 2 is 1.86 bits per heavy atom. The first-order valence-corrected chi connectivity index (χ1v) is 5.28. The van der Waals surface area contributed by atoms with Gasteiger partial charge in [-0.2, -0.15) is 0 Å². The highest BCUT2D eigenvalue weighted by Crippen LogP contribution is 1.86. The van der Waals surface area contributed by atoms with Crippen molar-refractivity contribution in [1.82, 2.24) is 4.05 Å². The Morgan fingerprint density at radius 1 is 1.43 bits per heavy atom. The molecule has 2 nitrogen and oxygen atoms in total. The molecule has 0 saturated carbocycles. The fraction of sp³-hybridized carbons (Fsp3) is 1.00. The second-order valence-electron chi connectivity index (χ2n) is 1.82. The lowest BCUT2D eigenvalue weighted by Gasteiger charge is -2.13. The van der Waals surface area contributed by atoms with Gasteiger partial charge in [0.2, 0.25) is 0 Å². The molecule has 0 bridgehead atoms. The normalized spacial score (nSPS) is 9.86. The summed E-state index contributed by atoms with van der Waals surface area (Å²) in [5.74, 6) is 4.42. The molecule has 0 saturated heterocycles. The highest BCUT2D eigenvalue weighted by Gasteiger charge is 2.07. The van der Waals surface area contributed by atoms with Crippen molar-refractivity contribution in [3.63, 3.8) is 0 Å². The highest BCUT2D eigenvalue weighted by atomic mass is 27.2. The van der Waals surface area contributed by atoms with Gasteiger partial charge in [0.05, 0.1) is 7.11 Å². The summed E-state index contributed by atoms with van der Waals surface area (Å²) in [6, 6.07) is 0. The van der Waals surface area contributed by atoms with E-state index in [0.717, 1.165) is 0 Å². The zero-order valence-corrected chi connectivity index (χ0v) is 6.59. The molecule has 0 heterocycles. The maximum atomic E-state index is 4.91. The van der Waals surface area contributed by atoms with Gasteiger partial charge in [0.15, 0.2) is 0 Å². The van der Waals surface area contributed by atoms with Crippen LogP contribution >= 0.6 is 0 Å². The molecule has 0 rings (SSSR count). The van der Waals surface area contributed by atoms with Crippen LogP contribution in [0.25, 0.3) is 0 Å². The van der Waals surface area contributed by atoms with Crippen LogP contribution in [0.4, 0.5) is 0 Å². The van der Waals surface area contributed by atoms with Crippen LogP contribution in [0.5, 0.6) is 0 Å². The van der Waals surface area contributed by atoms with E-state index < -0.39 is 14.4 Å². The molecular formula is C4H12AlNO. The molecule has 0 aliphatic carbocycles. The van der Waals surface area contributed by atoms with Gasteiger partial charge in [-0.25, -0.2) is 0 Å². The van der Waals surface area contributed by atoms with Crippen molar-refractivity contribution in [2.24, 2.45) is 0 Å². The van der Waals surface area contributed by atoms with E-state index in [1.807, 2.05) is 11.1 Å². The molecular weight excluding hydrogens is 105 g/mol. The molecule has 0 atom stereocenters. The van der Waals surface area contributed by atoms with Crippen LogP contribution in [0.3, 0.4) is 0 Å². The summed E-state index contributed by atoms with van der Waals surface area (Å²) >= 11 is -0.654. The molecule has 0 aliphatic heterocycles. The third-order valence-corrected chi connectivity index (χ3v) is 2.68. The highest BCUT2D eigenvalue weighted by molar-refractivity contribution is 6.52. The van der Waals surface area contributed by atoms with Gasteiger partial charge in [-0.15, -0.1) is 0 Å². The summed E-state index contributed by atoms with van der Waals surface area (Å²) in [7, 11) is 3.67. The van der Waals surface area contributed by atoms with Crippen LogP contribution in [0.1, 0.15) is 0 Å². The van der Waals surface area contributed by atoms with Crippen molar-refractivity contribution in [2.45, 2.75) is 11.6 Å². The van der Waals surface area contributed by atoms with Crippen molar-refractivity contribution in [2.75, 3.05) is 14.2 Å². The zero-order chi connectivity index (χ0) is 5.86. The first kappa shape index (κ1) is 7.45. The number of nitrogens with zero attached hydrogens (tertiary/aromatic N) is 1. The molecule has 0 aromatic heterocycles. The van der Waals surface area contributed by atoms with Gasteiger partial charge < -0.3 is 4.84 Å². The number of hydroxylamine groups is 1. The second-order valence-corrected chi connectivity index (χ2v) is 4.74. The third-order valence-electron chi connectivity index (χ3n) is 1.02. The van der Waals surface area contributed by atoms with E-state index in [4.69, 9.17) is 4.84 Å². The Labute approximate surface area is 49.6 Å². The van der Waals surface area contributed by atoms with Crippen molar-refractivity contribution < 1.29 is 4.84 Å². The number of hydrogen-bond donors (Lipinski definition) is 0. The first-order chi connectivity index (χ1) is 3.18. The summed E-state index contributed by atoms with van der Waals surface area (Å²) in [5.41, 5.74) is 0. The van der Waals surface area contributed by atoms with Crippen LogP contribution in [0, 0.1) is 0 Å². The van der Waals surface area contributed by atoms with Gasteiger partial charge in [-0.05, 0) is 7.05 Å². The third kappa shape index (κ3) is 3.07. The van der Waals surface area contributed by atoms with Gasteiger partial charge in [0, 0.05) is 0 Å². The Balaban J connectivity index is 3.14. The first-order valence-electron chi connectivity index (χ1n) is 2.45. The standard InChI is InChI=1S/C2H6NO.2CH3.Al/c1-3-4-2;;;/h1-2H3;2*1H3;/q-1;;;+1. The predicted molar refractivity (Wildman–Crippen MR) is 32.3 cm³/mol.